The van der Waals surface area contributed by atoms with Crippen LogP contribution >= 0.6 is 0 Å². The SMILES string of the molecule is Cc1ccc(C)c(C(=O)N[C@H](C)c2ccccc2OC(F)F)c1. The van der Waals surface area contributed by atoms with Gasteiger partial charge in [0.15, 0.2) is 0 Å². The quantitative estimate of drug-likeness (QED) is 0.887. The number of carbonyl (C=O) groups excluding carboxylic acids is 1. The third kappa shape index (κ3) is 4.28. The van der Waals surface area contributed by atoms with Gasteiger partial charge in [-0.05, 0) is 38.5 Å². The molecule has 0 bridgehead atoms. The number of carbonyl (C=O) groups is 1. The molecule has 1 atom stereocenters. The van der Waals surface area contributed by atoms with Gasteiger partial charge in [-0.25, -0.2) is 0 Å². The van der Waals surface area contributed by atoms with Crippen molar-refractivity contribution in [1.82, 2.24) is 5.32 Å². The van der Waals surface area contributed by atoms with Crippen LogP contribution in [0.1, 0.15) is 40.0 Å². The molecule has 0 radical (unpaired) electrons. The molecule has 5 heteroatoms. The van der Waals surface area contributed by atoms with Crippen molar-refractivity contribution in [2.45, 2.75) is 33.4 Å². The minimum absolute atomic E-state index is 0.0660. The number of rotatable bonds is 5. The summed E-state index contributed by atoms with van der Waals surface area (Å²) < 4.78 is 29.5. The molecule has 1 amide bonds. The second-order valence-electron chi connectivity index (χ2n) is 5.43. The minimum atomic E-state index is -2.90. The molecule has 0 saturated carbocycles. The van der Waals surface area contributed by atoms with E-state index in [9.17, 15) is 13.6 Å². The van der Waals surface area contributed by atoms with Crippen molar-refractivity contribution >= 4 is 5.91 Å². The first-order chi connectivity index (χ1) is 10.9. The Morgan fingerprint density at radius 2 is 1.83 bits per heavy atom. The van der Waals surface area contributed by atoms with Crippen LogP contribution < -0.4 is 10.1 Å². The zero-order valence-electron chi connectivity index (χ0n) is 13.3. The lowest BCUT2D eigenvalue weighted by Crippen LogP contribution is -2.27. The summed E-state index contributed by atoms with van der Waals surface area (Å²) >= 11 is 0. The van der Waals surface area contributed by atoms with Crippen molar-refractivity contribution in [3.05, 3.63) is 64.7 Å². The molecule has 122 valence electrons. The summed E-state index contributed by atoms with van der Waals surface area (Å²) in [6.45, 7) is 2.59. The second-order valence-corrected chi connectivity index (χ2v) is 5.43. The first-order valence-corrected chi connectivity index (χ1v) is 7.30. The molecule has 3 nitrogen and oxygen atoms in total. The van der Waals surface area contributed by atoms with Gasteiger partial charge in [0.1, 0.15) is 5.75 Å². The van der Waals surface area contributed by atoms with E-state index < -0.39 is 12.7 Å². The highest BCUT2D eigenvalue weighted by molar-refractivity contribution is 5.96. The smallest absolute Gasteiger partial charge is 0.387 e. The lowest BCUT2D eigenvalue weighted by atomic mass is 10.0. The molecule has 0 spiro atoms. The monoisotopic (exact) mass is 319 g/mol. The van der Waals surface area contributed by atoms with E-state index in [4.69, 9.17) is 0 Å². The van der Waals surface area contributed by atoms with Gasteiger partial charge >= 0.3 is 6.61 Å². The zero-order chi connectivity index (χ0) is 17.0. The summed E-state index contributed by atoms with van der Waals surface area (Å²) in [5.74, 6) is -0.179. The topological polar surface area (TPSA) is 38.3 Å². The van der Waals surface area contributed by atoms with Gasteiger partial charge in [-0.1, -0.05) is 35.9 Å². The zero-order valence-corrected chi connectivity index (χ0v) is 13.3. The maximum Gasteiger partial charge on any atom is 0.387 e. The van der Waals surface area contributed by atoms with Crippen LogP contribution in [0.2, 0.25) is 0 Å². The number of benzene rings is 2. The van der Waals surface area contributed by atoms with Crippen molar-refractivity contribution in [1.29, 1.82) is 0 Å². The van der Waals surface area contributed by atoms with E-state index in [2.05, 4.69) is 10.1 Å². The number of para-hydroxylation sites is 1. The number of alkyl halides is 2. The molecule has 0 aliphatic heterocycles. The van der Waals surface area contributed by atoms with Gasteiger partial charge in [0.2, 0.25) is 0 Å². The lowest BCUT2D eigenvalue weighted by Gasteiger charge is -2.18. The Morgan fingerprint density at radius 3 is 2.52 bits per heavy atom. The summed E-state index contributed by atoms with van der Waals surface area (Å²) in [7, 11) is 0. The van der Waals surface area contributed by atoms with Gasteiger partial charge in [-0.3, -0.25) is 4.79 Å². The van der Waals surface area contributed by atoms with Crippen molar-refractivity contribution in [2.75, 3.05) is 0 Å². The van der Waals surface area contributed by atoms with E-state index in [1.54, 1.807) is 31.2 Å². The molecule has 1 N–H and O–H groups in total. The van der Waals surface area contributed by atoms with E-state index in [0.29, 0.717) is 11.1 Å². The molecule has 0 aliphatic rings. The van der Waals surface area contributed by atoms with Crippen LogP contribution in [-0.4, -0.2) is 12.5 Å². The number of hydrogen-bond acceptors (Lipinski definition) is 2. The Kier molecular flexibility index (Phi) is 5.32. The van der Waals surface area contributed by atoms with Crippen LogP contribution in [0, 0.1) is 13.8 Å². The first-order valence-electron chi connectivity index (χ1n) is 7.30. The fraction of sp³-hybridized carbons (Fsp3) is 0.278. The Balaban J connectivity index is 2.20. The van der Waals surface area contributed by atoms with Crippen LogP contribution in [0.4, 0.5) is 8.78 Å². The summed E-state index contributed by atoms with van der Waals surface area (Å²) in [6, 6.07) is 11.6. The van der Waals surface area contributed by atoms with Gasteiger partial charge in [0.25, 0.3) is 5.91 Å². The van der Waals surface area contributed by atoms with Crippen LogP contribution in [0.3, 0.4) is 0 Å². The molecule has 0 fully saturated rings. The molecule has 2 aromatic rings. The highest BCUT2D eigenvalue weighted by atomic mass is 19.3. The Bertz CT molecular complexity index is 701. The maximum absolute atomic E-state index is 12.5. The van der Waals surface area contributed by atoms with Gasteiger partial charge in [-0.15, -0.1) is 0 Å². The summed E-state index contributed by atoms with van der Waals surface area (Å²) in [4.78, 5) is 12.4. The molecule has 0 aromatic heterocycles. The van der Waals surface area contributed by atoms with E-state index in [-0.39, 0.29) is 11.7 Å². The second kappa shape index (κ2) is 7.22. The molecular weight excluding hydrogens is 300 g/mol. The molecule has 0 saturated heterocycles. The average Bonchev–Trinajstić information content (AvgIpc) is 2.49. The summed E-state index contributed by atoms with van der Waals surface area (Å²) in [6.07, 6.45) is 0. The van der Waals surface area contributed by atoms with Crippen molar-refractivity contribution in [3.63, 3.8) is 0 Å². The molecule has 0 unspecified atom stereocenters. The Hall–Kier alpha value is -2.43. The normalized spacial score (nSPS) is 12.1. The number of aryl methyl sites for hydroxylation is 2. The van der Waals surface area contributed by atoms with E-state index in [0.717, 1.165) is 11.1 Å². The van der Waals surface area contributed by atoms with Gasteiger partial charge in [-0.2, -0.15) is 8.78 Å². The predicted octanol–water partition coefficient (Wildman–Crippen LogP) is 4.40. The standard InChI is InChI=1S/C18H19F2NO2/c1-11-8-9-12(2)15(10-11)17(22)21-13(3)14-6-4-5-7-16(14)23-18(19)20/h4-10,13,18H,1-3H3,(H,21,22)/t13-/m1/s1. The number of nitrogens with one attached hydrogen (secondary N) is 1. The third-order valence-electron chi connectivity index (χ3n) is 3.59. The van der Waals surface area contributed by atoms with E-state index in [1.165, 1.54) is 6.07 Å². The fourth-order valence-electron chi connectivity index (χ4n) is 2.37. The van der Waals surface area contributed by atoms with Crippen molar-refractivity contribution < 1.29 is 18.3 Å². The molecular formula is C18H19F2NO2. The van der Waals surface area contributed by atoms with Gasteiger partial charge < -0.3 is 10.1 Å². The minimum Gasteiger partial charge on any atom is -0.434 e. The molecule has 2 rings (SSSR count). The van der Waals surface area contributed by atoms with E-state index in [1.807, 2.05) is 26.0 Å². The van der Waals surface area contributed by atoms with Crippen LogP contribution in [0.15, 0.2) is 42.5 Å². The summed E-state index contributed by atoms with van der Waals surface area (Å²) in [5, 5.41) is 2.83. The van der Waals surface area contributed by atoms with Crippen molar-refractivity contribution in [2.24, 2.45) is 0 Å². The fourth-order valence-corrected chi connectivity index (χ4v) is 2.37. The third-order valence-corrected chi connectivity index (χ3v) is 3.59. The van der Waals surface area contributed by atoms with E-state index >= 15 is 0 Å². The molecule has 0 heterocycles. The maximum atomic E-state index is 12.5. The van der Waals surface area contributed by atoms with Crippen LogP contribution in [-0.2, 0) is 0 Å². The average molecular weight is 319 g/mol. The van der Waals surface area contributed by atoms with Gasteiger partial charge in [0, 0.05) is 11.1 Å². The largest absolute Gasteiger partial charge is 0.434 e. The molecule has 0 aliphatic carbocycles. The number of amides is 1. The highest BCUT2D eigenvalue weighted by Crippen LogP contribution is 2.26. The Morgan fingerprint density at radius 1 is 1.13 bits per heavy atom. The molecule has 23 heavy (non-hydrogen) atoms. The van der Waals surface area contributed by atoms with Crippen molar-refractivity contribution in [3.8, 4) is 5.75 Å². The first kappa shape index (κ1) is 16.9. The Labute approximate surface area is 134 Å². The highest BCUT2D eigenvalue weighted by Gasteiger charge is 2.18. The number of hydrogen-bond donors (Lipinski definition) is 1. The van der Waals surface area contributed by atoms with Gasteiger partial charge in [0.05, 0.1) is 6.04 Å². The number of halogens is 2. The summed E-state index contributed by atoms with van der Waals surface area (Å²) in [5.41, 5.74) is 2.92. The number of ether oxygens (including phenoxy) is 1. The predicted molar refractivity (Wildman–Crippen MR) is 84.9 cm³/mol. The van der Waals surface area contributed by atoms with Crippen LogP contribution in [0.5, 0.6) is 5.75 Å². The molecule has 2 aromatic carbocycles. The lowest BCUT2D eigenvalue weighted by molar-refractivity contribution is -0.0506. The van der Waals surface area contributed by atoms with Crippen LogP contribution in [0.25, 0.3) is 0 Å².